The lowest BCUT2D eigenvalue weighted by Crippen LogP contribution is -2.60. The molecule has 220 valence electrons. The Kier molecular flexibility index (Phi) is 7.14. The van der Waals surface area contributed by atoms with Crippen molar-refractivity contribution in [2.75, 3.05) is 26.3 Å². The van der Waals surface area contributed by atoms with E-state index in [1.807, 2.05) is 13.8 Å². The number of hydrogen-bond donors (Lipinski definition) is 4. The monoisotopic (exact) mass is 567 g/mol. The van der Waals surface area contributed by atoms with E-state index in [1.165, 1.54) is 0 Å². The Hall–Kier alpha value is -3.50. The lowest BCUT2D eigenvalue weighted by atomic mass is 9.55. The number of amides is 1. The summed E-state index contributed by atoms with van der Waals surface area (Å²) in [5, 5.41) is 45.8. The van der Waals surface area contributed by atoms with Crippen molar-refractivity contribution in [2.24, 2.45) is 23.7 Å². The summed E-state index contributed by atoms with van der Waals surface area (Å²) in [6.45, 7) is 9.89. The Morgan fingerprint density at radius 3 is 2.27 bits per heavy atom. The maximum Gasteiger partial charge on any atom is 0.257 e. The normalized spacial score (nSPS) is 28.2. The van der Waals surface area contributed by atoms with Crippen molar-refractivity contribution >= 4 is 23.3 Å². The molecule has 1 aromatic rings. The number of allylic oxidation sites excluding steroid dienone is 2. The van der Waals surface area contributed by atoms with Gasteiger partial charge in [0.1, 0.15) is 22.8 Å². The van der Waals surface area contributed by atoms with E-state index in [-0.39, 0.29) is 41.4 Å². The molecule has 4 N–H and O–H groups in total. The summed E-state index contributed by atoms with van der Waals surface area (Å²) in [7, 11) is 0. The molecule has 4 atom stereocenters. The van der Waals surface area contributed by atoms with Crippen molar-refractivity contribution in [1.29, 1.82) is 0 Å². The zero-order valence-corrected chi connectivity index (χ0v) is 24.0. The van der Waals surface area contributed by atoms with Crippen molar-refractivity contribution in [3.63, 3.8) is 0 Å². The summed E-state index contributed by atoms with van der Waals surface area (Å²) < 4.78 is 5.33. The molecule has 1 aromatic carbocycles. The van der Waals surface area contributed by atoms with Gasteiger partial charge >= 0.3 is 0 Å². The number of aliphatic hydroxyl groups excluding tert-OH is 2. The van der Waals surface area contributed by atoms with Crippen LogP contribution in [-0.2, 0) is 20.7 Å². The predicted octanol–water partition coefficient (Wildman–Crippen LogP) is 3.16. The molecular formula is C31H37NO9. The molecule has 1 aliphatic heterocycles. The first-order valence-electron chi connectivity index (χ1n) is 14.2. The highest BCUT2D eigenvalue weighted by molar-refractivity contribution is 6.25. The van der Waals surface area contributed by atoms with Crippen LogP contribution in [0.15, 0.2) is 28.7 Å². The number of ketones is 3. The zero-order valence-electron chi connectivity index (χ0n) is 24.0. The lowest BCUT2D eigenvalue weighted by Gasteiger charge is -2.50. The van der Waals surface area contributed by atoms with Crippen LogP contribution < -0.4 is 0 Å². The molecule has 0 aromatic heterocycles. The number of carbonyl (C=O) groups is 4. The summed E-state index contributed by atoms with van der Waals surface area (Å²) in [6, 6.07) is 1.63. The number of phenols is 1. The zero-order chi connectivity index (χ0) is 30.1. The molecule has 3 aliphatic carbocycles. The molecule has 41 heavy (non-hydrogen) atoms. The highest BCUT2D eigenvalue weighted by atomic mass is 16.5. The molecule has 0 saturated carbocycles. The number of aromatic hydroxyl groups is 1. The van der Waals surface area contributed by atoms with Gasteiger partial charge in [0.15, 0.2) is 17.2 Å². The molecule has 1 heterocycles. The third kappa shape index (κ3) is 4.14. The molecule has 0 radical (unpaired) electrons. The molecule has 1 saturated heterocycles. The molecule has 1 fully saturated rings. The van der Waals surface area contributed by atoms with Gasteiger partial charge in [-0.1, -0.05) is 27.7 Å². The summed E-state index contributed by atoms with van der Waals surface area (Å²) in [5.41, 5.74) is -2.28. The largest absolute Gasteiger partial charge is 0.511 e. The van der Waals surface area contributed by atoms with Crippen LogP contribution in [0, 0.1) is 23.7 Å². The van der Waals surface area contributed by atoms with E-state index < -0.39 is 69.5 Å². The number of morpholine rings is 1. The third-order valence-electron chi connectivity index (χ3n) is 9.26. The number of rotatable bonds is 4. The van der Waals surface area contributed by atoms with Crippen LogP contribution in [0.2, 0.25) is 0 Å². The van der Waals surface area contributed by atoms with Crippen molar-refractivity contribution in [3.05, 3.63) is 51.0 Å². The molecule has 10 nitrogen and oxygen atoms in total. The lowest BCUT2D eigenvalue weighted by molar-refractivity contribution is -0.149. The predicted molar refractivity (Wildman–Crippen MR) is 147 cm³/mol. The van der Waals surface area contributed by atoms with Crippen LogP contribution in [0.25, 0.3) is 0 Å². The number of fused-ring (bicyclic) bond motifs is 3. The molecule has 3 unspecified atom stereocenters. The Morgan fingerprint density at radius 1 is 1.07 bits per heavy atom. The third-order valence-corrected chi connectivity index (χ3v) is 9.26. The van der Waals surface area contributed by atoms with Crippen LogP contribution >= 0.6 is 0 Å². The van der Waals surface area contributed by atoms with Crippen LogP contribution in [0.5, 0.6) is 5.75 Å². The van der Waals surface area contributed by atoms with E-state index in [2.05, 4.69) is 0 Å². The van der Waals surface area contributed by atoms with Crippen LogP contribution in [0.1, 0.15) is 78.8 Å². The standard InChI is InChI=1S/C31H37NO9/c1-13(2)17-12-19(30(39)32-6-8-41-9-7-32)25(34)24-18(17)10-16-11-20-21(14(3)4)26(35)22(15(5)33)28(37)31(20,40)29(38)23(16)27(24)36/h12-14,16,20-21,34-35,38,40H,6-11H2,1-5H3/t16?,20?,21?,31-/m0/s1. The molecule has 4 aliphatic rings. The van der Waals surface area contributed by atoms with Gasteiger partial charge < -0.3 is 30.1 Å². The average molecular weight is 568 g/mol. The summed E-state index contributed by atoms with van der Waals surface area (Å²) in [6.07, 6.45) is 0.293. The maximum absolute atomic E-state index is 14.2. The minimum Gasteiger partial charge on any atom is -0.511 e. The van der Waals surface area contributed by atoms with Gasteiger partial charge in [-0.25, -0.2) is 0 Å². The second-order valence-corrected chi connectivity index (χ2v) is 12.3. The number of carbonyl (C=O) groups excluding carboxylic acids is 4. The first kappa shape index (κ1) is 29.0. The van der Waals surface area contributed by atoms with Crippen LogP contribution in [0.3, 0.4) is 0 Å². The van der Waals surface area contributed by atoms with E-state index in [0.29, 0.717) is 37.4 Å². The number of benzene rings is 1. The van der Waals surface area contributed by atoms with Crippen molar-refractivity contribution in [1.82, 2.24) is 4.90 Å². The number of Topliss-reactive ketones (excluding diaryl/α,β-unsaturated/α-hetero) is 3. The van der Waals surface area contributed by atoms with E-state index in [4.69, 9.17) is 4.74 Å². The minimum atomic E-state index is -2.60. The van der Waals surface area contributed by atoms with Gasteiger partial charge in [-0.15, -0.1) is 0 Å². The molecule has 10 heteroatoms. The van der Waals surface area contributed by atoms with Crippen molar-refractivity contribution < 1.29 is 44.3 Å². The van der Waals surface area contributed by atoms with Gasteiger partial charge in [-0.3, -0.25) is 19.2 Å². The highest BCUT2D eigenvalue weighted by Crippen LogP contribution is 2.55. The van der Waals surface area contributed by atoms with Gasteiger partial charge in [0.05, 0.1) is 24.3 Å². The van der Waals surface area contributed by atoms with E-state index in [0.717, 1.165) is 6.92 Å². The summed E-state index contributed by atoms with van der Waals surface area (Å²) >= 11 is 0. The summed E-state index contributed by atoms with van der Waals surface area (Å²) in [4.78, 5) is 55.1. The SMILES string of the molecule is CC(=O)C1=C(O)C(C(C)C)C2CC3Cc4c(C(C)C)cc(C(=O)N5CCOCC5)c(O)c4C(=O)C3=C(O)[C@@]2(O)C1=O. The average Bonchev–Trinajstić information content (AvgIpc) is 2.90. The van der Waals surface area contributed by atoms with Gasteiger partial charge in [0, 0.05) is 30.5 Å². The topological polar surface area (TPSA) is 162 Å². The Labute approximate surface area is 238 Å². The molecule has 0 bridgehead atoms. The minimum absolute atomic E-state index is 0.0334. The molecular weight excluding hydrogens is 530 g/mol. The number of phenolic OH excluding ortho intramolecular Hbond substituents is 1. The molecule has 1 amide bonds. The van der Waals surface area contributed by atoms with Gasteiger partial charge in [0.25, 0.3) is 5.91 Å². The number of nitrogens with zero attached hydrogens (tertiary/aromatic N) is 1. The maximum atomic E-state index is 14.2. The second-order valence-electron chi connectivity index (χ2n) is 12.3. The van der Waals surface area contributed by atoms with E-state index >= 15 is 0 Å². The van der Waals surface area contributed by atoms with Gasteiger partial charge in [-0.2, -0.15) is 0 Å². The number of aliphatic hydroxyl groups is 3. The number of hydrogen-bond acceptors (Lipinski definition) is 9. The fraction of sp³-hybridized carbons (Fsp3) is 0.548. The van der Waals surface area contributed by atoms with Gasteiger partial charge in [-0.05, 0) is 54.7 Å². The van der Waals surface area contributed by atoms with Crippen LogP contribution in [0.4, 0.5) is 0 Å². The Balaban J connectivity index is 1.70. The Bertz CT molecular complexity index is 1430. The first-order chi connectivity index (χ1) is 19.2. The number of ether oxygens (including phenoxy) is 1. The van der Waals surface area contributed by atoms with Crippen molar-refractivity contribution in [2.45, 2.75) is 59.0 Å². The highest BCUT2D eigenvalue weighted by Gasteiger charge is 2.63. The van der Waals surface area contributed by atoms with E-state index in [1.54, 1.807) is 24.8 Å². The summed E-state index contributed by atoms with van der Waals surface area (Å²) in [5.74, 6) is -7.72. The fourth-order valence-corrected chi connectivity index (χ4v) is 7.31. The molecule has 0 spiro atoms. The van der Waals surface area contributed by atoms with Crippen LogP contribution in [-0.4, -0.2) is 80.5 Å². The molecule has 5 rings (SSSR count). The quantitative estimate of drug-likeness (QED) is 0.401. The first-order valence-corrected chi connectivity index (χ1v) is 14.2. The Morgan fingerprint density at radius 2 is 1.71 bits per heavy atom. The smallest absolute Gasteiger partial charge is 0.257 e. The van der Waals surface area contributed by atoms with Crippen molar-refractivity contribution in [3.8, 4) is 5.75 Å². The second kappa shape index (κ2) is 10.1. The van der Waals surface area contributed by atoms with E-state index in [9.17, 15) is 39.6 Å². The fourth-order valence-electron chi connectivity index (χ4n) is 7.31. The van der Waals surface area contributed by atoms with Gasteiger partial charge in [0.2, 0.25) is 5.78 Å².